The number of carbonyl (C=O) groups excluding carboxylic acids is 1. The molecule has 0 radical (unpaired) electrons. The van der Waals surface area contributed by atoms with Gasteiger partial charge in [-0.1, -0.05) is 124 Å². The van der Waals surface area contributed by atoms with Gasteiger partial charge in [-0.05, 0) is 35.6 Å². The Kier molecular flexibility index (Phi) is 15.2. The van der Waals surface area contributed by atoms with Crippen LogP contribution in [0.4, 0.5) is 0 Å². The smallest absolute Gasteiger partial charge is 0.338 e. The van der Waals surface area contributed by atoms with Crippen LogP contribution in [-0.2, 0) is 10.2 Å². The van der Waals surface area contributed by atoms with Gasteiger partial charge in [0, 0.05) is 0 Å². The van der Waals surface area contributed by atoms with Crippen LogP contribution in [0.25, 0.3) is 0 Å². The lowest BCUT2D eigenvalue weighted by Crippen LogP contribution is -2.18. The van der Waals surface area contributed by atoms with Crippen molar-refractivity contribution < 1.29 is 14.6 Å². The maximum absolute atomic E-state index is 12.5. The Morgan fingerprint density at radius 2 is 1.19 bits per heavy atom. The molecule has 0 amide bonds. The van der Waals surface area contributed by atoms with E-state index in [0.717, 1.165) is 18.4 Å². The van der Waals surface area contributed by atoms with Gasteiger partial charge in [0.05, 0.1) is 12.2 Å². The molecule has 0 spiro atoms. The molecule has 0 saturated carbocycles. The zero-order valence-electron chi connectivity index (χ0n) is 21.5. The van der Waals surface area contributed by atoms with Gasteiger partial charge in [-0.25, -0.2) is 4.79 Å². The minimum atomic E-state index is -0.282. The summed E-state index contributed by atoms with van der Waals surface area (Å²) in [6, 6.07) is 4.90. The average molecular weight is 447 g/mol. The number of esters is 1. The van der Waals surface area contributed by atoms with Crippen molar-refractivity contribution in [3.63, 3.8) is 0 Å². The first-order chi connectivity index (χ1) is 15.4. The molecule has 0 bridgehead atoms. The third-order valence-corrected chi connectivity index (χ3v) is 6.26. The van der Waals surface area contributed by atoms with E-state index in [-0.39, 0.29) is 17.1 Å². The minimum absolute atomic E-state index is 0.185. The summed E-state index contributed by atoms with van der Waals surface area (Å²) in [5, 5.41) is 9.76. The van der Waals surface area contributed by atoms with Crippen molar-refractivity contribution in [2.45, 2.75) is 136 Å². The van der Waals surface area contributed by atoms with E-state index in [1.165, 1.54) is 89.9 Å². The number of phenolic OH excluding ortho intramolecular Hbond substituents is 1. The van der Waals surface area contributed by atoms with E-state index in [0.29, 0.717) is 12.2 Å². The highest BCUT2D eigenvalue weighted by atomic mass is 16.5. The lowest BCUT2D eigenvalue weighted by atomic mass is 9.83. The summed E-state index contributed by atoms with van der Waals surface area (Å²) in [6.07, 6.45) is 21.3. The van der Waals surface area contributed by atoms with Gasteiger partial charge >= 0.3 is 5.97 Å². The van der Waals surface area contributed by atoms with Crippen molar-refractivity contribution in [2.24, 2.45) is 0 Å². The standard InChI is InChI=1S/C29H50O3/c1-5-6-7-8-9-10-11-12-13-14-15-16-17-18-19-20-23-32-28(31)26-22-21-25(30)24-27(26)29(2,3)4/h21-22,24,30H,5-20,23H2,1-4H3. The van der Waals surface area contributed by atoms with E-state index in [4.69, 9.17) is 4.74 Å². The molecule has 0 aromatic heterocycles. The monoisotopic (exact) mass is 446 g/mol. The van der Waals surface area contributed by atoms with E-state index in [2.05, 4.69) is 6.92 Å². The molecule has 0 aliphatic rings. The van der Waals surface area contributed by atoms with Crippen molar-refractivity contribution >= 4 is 5.97 Å². The van der Waals surface area contributed by atoms with Crippen molar-refractivity contribution in [1.82, 2.24) is 0 Å². The Bertz CT molecular complexity index is 615. The number of hydrogen-bond acceptors (Lipinski definition) is 3. The zero-order valence-corrected chi connectivity index (χ0v) is 21.5. The van der Waals surface area contributed by atoms with Crippen LogP contribution in [0.5, 0.6) is 5.75 Å². The summed E-state index contributed by atoms with van der Waals surface area (Å²) in [7, 11) is 0. The van der Waals surface area contributed by atoms with Crippen LogP contribution in [0.3, 0.4) is 0 Å². The zero-order chi connectivity index (χ0) is 23.7. The maximum atomic E-state index is 12.5. The van der Waals surface area contributed by atoms with Crippen LogP contribution in [0, 0.1) is 0 Å². The van der Waals surface area contributed by atoms with Gasteiger partial charge in [-0.3, -0.25) is 0 Å². The number of aromatic hydroxyl groups is 1. The molecule has 0 fully saturated rings. The summed E-state index contributed by atoms with van der Waals surface area (Å²) < 4.78 is 5.50. The van der Waals surface area contributed by atoms with E-state index in [1.54, 1.807) is 18.2 Å². The molecular formula is C29H50O3. The Balaban J connectivity index is 1.99. The molecule has 0 aliphatic carbocycles. The molecule has 3 heteroatoms. The number of unbranched alkanes of at least 4 members (excludes halogenated alkanes) is 15. The SMILES string of the molecule is CCCCCCCCCCCCCCCCCCOC(=O)c1ccc(O)cc1C(C)(C)C. The lowest BCUT2D eigenvalue weighted by molar-refractivity contribution is 0.0495. The highest BCUT2D eigenvalue weighted by Gasteiger charge is 2.23. The molecule has 32 heavy (non-hydrogen) atoms. The number of benzene rings is 1. The third-order valence-electron chi connectivity index (χ3n) is 6.26. The fraction of sp³-hybridized carbons (Fsp3) is 0.759. The van der Waals surface area contributed by atoms with Crippen molar-refractivity contribution in [3.8, 4) is 5.75 Å². The summed E-state index contributed by atoms with van der Waals surface area (Å²) in [6.45, 7) is 8.86. The molecule has 0 heterocycles. The maximum Gasteiger partial charge on any atom is 0.338 e. The van der Waals surface area contributed by atoms with E-state index in [9.17, 15) is 9.90 Å². The molecule has 3 nitrogen and oxygen atoms in total. The molecular weight excluding hydrogens is 396 g/mol. The van der Waals surface area contributed by atoms with E-state index < -0.39 is 0 Å². The van der Waals surface area contributed by atoms with E-state index >= 15 is 0 Å². The molecule has 0 unspecified atom stereocenters. The molecule has 1 rings (SSSR count). The minimum Gasteiger partial charge on any atom is -0.508 e. The van der Waals surface area contributed by atoms with Gasteiger partial charge in [-0.15, -0.1) is 0 Å². The number of ether oxygens (including phenoxy) is 1. The molecule has 0 saturated heterocycles. The van der Waals surface area contributed by atoms with Crippen LogP contribution in [0.1, 0.15) is 146 Å². The van der Waals surface area contributed by atoms with Crippen LogP contribution >= 0.6 is 0 Å². The summed E-state index contributed by atoms with van der Waals surface area (Å²) in [5.41, 5.74) is 1.17. The van der Waals surface area contributed by atoms with Gasteiger partial charge in [0.1, 0.15) is 5.75 Å². The van der Waals surface area contributed by atoms with Crippen molar-refractivity contribution in [3.05, 3.63) is 29.3 Å². The molecule has 0 aliphatic heterocycles. The number of hydrogen-bond donors (Lipinski definition) is 1. The summed E-state index contributed by atoms with van der Waals surface area (Å²) in [5.74, 6) is -0.0971. The van der Waals surface area contributed by atoms with Crippen molar-refractivity contribution in [2.75, 3.05) is 6.61 Å². The molecule has 0 atom stereocenters. The number of rotatable bonds is 18. The quantitative estimate of drug-likeness (QED) is 0.181. The summed E-state index contributed by atoms with van der Waals surface area (Å²) >= 11 is 0. The van der Waals surface area contributed by atoms with Gasteiger partial charge in [0.2, 0.25) is 0 Å². The normalized spacial score (nSPS) is 11.6. The van der Waals surface area contributed by atoms with Crippen LogP contribution in [0.15, 0.2) is 18.2 Å². The summed E-state index contributed by atoms with van der Waals surface area (Å²) in [4.78, 5) is 12.5. The Labute approximate surface area is 198 Å². The second-order valence-corrected chi connectivity index (χ2v) is 10.4. The molecule has 1 aromatic carbocycles. The first-order valence-corrected chi connectivity index (χ1v) is 13.4. The van der Waals surface area contributed by atoms with Gasteiger partial charge < -0.3 is 9.84 Å². The fourth-order valence-electron chi connectivity index (χ4n) is 4.22. The largest absolute Gasteiger partial charge is 0.508 e. The first-order valence-electron chi connectivity index (χ1n) is 13.4. The fourth-order valence-corrected chi connectivity index (χ4v) is 4.22. The Morgan fingerprint density at radius 3 is 1.62 bits per heavy atom. The predicted octanol–water partition coefficient (Wildman–Crippen LogP) is 9.11. The number of phenols is 1. The molecule has 1 N–H and O–H groups in total. The van der Waals surface area contributed by atoms with Gasteiger partial charge in [0.25, 0.3) is 0 Å². The van der Waals surface area contributed by atoms with Crippen LogP contribution < -0.4 is 0 Å². The third kappa shape index (κ3) is 13.1. The van der Waals surface area contributed by atoms with Gasteiger partial charge in [-0.2, -0.15) is 0 Å². The Morgan fingerprint density at radius 1 is 0.750 bits per heavy atom. The lowest BCUT2D eigenvalue weighted by Gasteiger charge is -2.22. The highest BCUT2D eigenvalue weighted by Crippen LogP contribution is 2.29. The predicted molar refractivity (Wildman–Crippen MR) is 137 cm³/mol. The number of carbonyl (C=O) groups is 1. The first kappa shape index (κ1) is 28.5. The van der Waals surface area contributed by atoms with Crippen molar-refractivity contribution in [1.29, 1.82) is 0 Å². The molecule has 1 aromatic rings. The van der Waals surface area contributed by atoms with Gasteiger partial charge in [0.15, 0.2) is 0 Å². The van der Waals surface area contributed by atoms with Crippen LogP contribution in [0.2, 0.25) is 0 Å². The van der Waals surface area contributed by atoms with E-state index in [1.807, 2.05) is 20.8 Å². The second-order valence-electron chi connectivity index (χ2n) is 10.4. The topological polar surface area (TPSA) is 46.5 Å². The van der Waals surface area contributed by atoms with Crippen LogP contribution in [-0.4, -0.2) is 17.7 Å². The highest BCUT2D eigenvalue weighted by molar-refractivity contribution is 5.91. The Hall–Kier alpha value is -1.51. The second kappa shape index (κ2) is 17.0. The molecule has 184 valence electrons. The average Bonchev–Trinajstić information content (AvgIpc) is 2.75.